The Morgan fingerprint density at radius 1 is 1.11 bits per heavy atom. The van der Waals surface area contributed by atoms with Crippen molar-refractivity contribution in [1.82, 2.24) is 5.06 Å². The summed E-state index contributed by atoms with van der Waals surface area (Å²) in [6.45, 7) is 0.390. The Balaban J connectivity index is 2.06. The van der Waals surface area contributed by atoms with Gasteiger partial charge < -0.3 is 15.3 Å². The van der Waals surface area contributed by atoms with Gasteiger partial charge in [-0.05, 0) is 42.3 Å². The molecule has 7 nitrogen and oxygen atoms in total. The third kappa shape index (κ3) is 5.30. The summed E-state index contributed by atoms with van der Waals surface area (Å²) in [5.74, 6) is -7.91. The summed E-state index contributed by atoms with van der Waals surface area (Å²) in [5, 5.41) is -0.783. The lowest BCUT2D eigenvalue weighted by atomic mass is 10.1. The fourth-order valence-corrected chi connectivity index (χ4v) is 3.43. The Morgan fingerprint density at radius 3 is 2.31 bits per heavy atom. The van der Waals surface area contributed by atoms with Crippen molar-refractivity contribution in [3.63, 3.8) is 0 Å². The number of para-hydroxylation sites is 1. The molecule has 35 heavy (non-hydrogen) atoms. The van der Waals surface area contributed by atoms with Gasteiger partial charge in [0.1, 0.15) is 35.9 Å². The van der Waals surface area contributed by atoms with Gasteiger partial charge in [-0.1, -0.05) is 23.7 Å². The minimum Gasteiger partial charge on any atom is -0.471 e. The molecule has 2 aromatic carbocycles. The molecule has 0 aromatic heterocycles. The molecule has 0 saturated carbocycles. The van der Waals surface area contributed by atoms with Gasteiger partial charge in [0.15, 0.2) is 5.03 Å². The highest BCUT2D eigenvalue weighted by molar-refractivity contribution is 6.44. The third-order valence-electron chi connectivity index (χ3n) is 4.85. The summed E-state index contributed by atoms with van der Waals surface area (Å²) in [7, 11) is 0. The molecule has 0 bridgehead atoms. The van der Waals surface area contributed by atoms with E-state index in [1.54, 1.807) is 0 Å². The van der Waals surface area contributed by atoms with Crippen LogP contribution < -0.4 is 10.6 Å². The molecule has 0 fully saturated rings. The maximum absolute atomic E-state index is 14.4. The highest BCUT2D eigenvalue weighted by Gasteiger charge is 2.48. The Morgan fingerprint density at radius 2 is 1.74 bits per heavy atom. The lowest BCUT2D eigenvalue weighted by Gasteiger charge is -2.41. The van der Waals surface area contributed by atoms with Crippen molar-refractivity contribution in [1.29, 1.82) is 0 Å². The van der Waals surface area contributed by atoms with E-state index in [-0.39, 0.29) is 22.7 Å². The molecule has 1 aliphatic heterocycles. The van der Waals surface area contributed by atoms with E-state index in [1.165, 1.54) is 6.07 Å². The van der Waals surface area contributed by atoms with E-state index < -0.39 is 64.9 Å². The number of hydroxylamine groups is 2. The number of amides is 1. The zero-order valence-electron chi connectivity index (χ0n) is 17.7. The van der Waals surface area contributed by atoms with Crippen LogP contribution in [-0.2, 0) is 32.3 Å². The summed E-state index contributed by atoms with van der Waals surface area (Å²) in [6.07, 6.45) is -7.23. The fraction of sp³-hybridized carbons (Fsp3) is 0.238. The van der Waals surface area contributed by atoms with Crippen molar-refractivity contribution in [2.75, 3.05) is 4.90 Å². The van der Waals surface area contributed by atoms with E-state index in [9.17, 15) is 35.9 Å². The van der Waals surface area contributed by atoms with E-state index in [0.717, 1.165) is 37.3 Å². The normalized spacial score (nSPS) is 16.6. The number of hydrogen-bond donors (Lipinski definition) is 1. The number of anilines is 1. The molecular formula is C21H16ClF6N3O4. The van der Waals surface area contributed by atoms with Crippen molar-refractivity contribution in [2.45, 2.75) is 32.4 Å². The summed E-state index contributed by atoms with van der Waals surface area (Å²) in [5.41, 5.74) is 5.15. The topological polar surface area (TPSA) is 85.1 Å². The number of nitrogens with zero attached hydrogens (tertiary/aromatic N) is 2. The van der Waals surface area contributed by atoms with E-state index >= 15 is 0 Å². The van der Waals surface area contributed by atoms with Gasteiger partial charge in [-0.2, -0.15) is 13.2 Å². The number of halogens is 7. The molecule has 2 aromatic rings. The first kappa shape index (κ1) is 26.2. The largest absolute Gasteiger partial charge is 0.493 e. The number of rotatable bonds is 6. The Labute approximate surface area is 199 Å². The number of carbonyl (C=O) groups is 2. The van der Waals surface area contributed by atoms with Crippen LogP contribution in [0.15, 0.2) is 47.3 Å². The van der Waals surface area contributed by atoms with Crippen LogP contribution in [0.5, 0.6) is 0 Å². The maximum atomic E-state index is 14.4. The van der Waals surface area contributed by atoms with Gasteiger partial charge >= 0.3 is 12.1 Å². The number of benzene rings is 2. The zero-order chi connectivity index (χ0) is 26.1. The second kappa shape index (κ2) is 10.0. The molecule has 1 heterocycles. The van der Waals surface area contributed by atoms with E-state index in [2.05, 4.69) is 4.84 Å². The lowest BCUT2D eigenvalue weighted by molar-refractivity contribution is -0.247. The Hall–Kier alpha value is -3.45. The SMILES string of the molecule is CC1N(OC(=O)C(F)(F)F)C(OCc2ccc(F)cc2CN)=C(Cl)C(=O)N1c1c(F)cccc1F. The quantitative estimate of drug-likeness (QED) is 0.571. The van der Waals surface area contributed by atoms with Crippen LogP contribution in [0.3, 0.4) is 0 Å². The second-order valence-corrected chi connectivity index (χ2v) is 7.48. The van der Waals surface area contributed by atoms with Gasteiger partial charge in [0.05, 0.1) is 0 Å². The molecule has 188 valence electrons. The minimum absolute atomic E-state index is 0.133. The first-order chi connectivity index (χ1) is 16.4. The average molecular weight is 524 g/mol. The summed E-state index contributed by atoms with van der Waals surface area (Å²) in [6, 6.07) is 6.03. The second-order valence-electron chi connectivity index (χ2n) is 7.10. The molecule has 0 radical (unpaired) electrons. The molecule has 1 aliphatic rings. The average Bonchev–Trinajstić information content (AvgIpc) is 2.78. The highest BCUT2D eigenvalue weighted by atomic mass is 35.5. The molecule has 1 unspecified atom stereocenters. The molecule has 0 spiro atoms. The molecule has 1 amide bonds. The third-order valence-corrected chi connectivity index (χ3v) is 5.17. The standard InChI is InChI=1S/C21H16ClF6N3O4/c1-10-30(17-14(24)3-2-4-15(17)25)18(32)16(22)19(31(10)35-20(33)21(26,27)28)34-9-11-5-6-13(23)7-12(11)8-29/h2-7,10H,8-9,29H2,1H3. The fourth-order valence-electron chi connectivity index (χ4n) is 3.20. The lowest BCUT2D eigenvalue weighted by Crippen LogP contribution is -2.55. The predicted molar refractivity (Wildman–Crippen MR) is 109 cm³/mol. The summed E-state index contributed by atoms with van der Waals surface area (Å²) in [4.78, 5) is 29.2. The number of alkyl halides is 3. The van der Waals surface area contributed by atoms with Crippen molar-refractivity contribution < 1.29 is 45.5 Å². The van der Waals surface area contributed by atoms with E-state index in [1.807, 2.05) is 0 Å². The number of carbonyl (C=O) groups excluding carboxylic acids is 2. The molecule has 0 saturated heterocycles. The molecule has 14 heteroatoms. The highest BCUT2D eigenvalue weighted by Crippen LogP contribution is 2.36. The van der Waals surface area contributed by atoms with Gasteiger partial charge in [0.25, 0.3) is 11.8 Å². The molecule has 0 aliphatic carbocycles. The Bertz CT molecular complexity index is 1170. The van der Waals surface area contributed by atoms with Crippen LogP contribution in [0, 0.1) is 17.5 Å². The van der Waals surface area contributed by atoms with Gasteiger partial charge in [0.2, 0.25) is 0 Å². The van der Waals surface area contributed by atoms with Gasteiger partial charge in [-0.15, -0.1) is 5.06 Å². The minimum atomic E-state index is -5.48. The van der Waals surface area contributed by atoms with Crippen molar-refractivity contribution in [2.24, 2.45) is 5.73 Å². The molecule has 3 rings (SSSR count). The van der Waals surface area contributed by atoms with Crippen LogP contribution in [-0.4, -0.2) is 29.3 Å². The zero-order valence-corrected chi connectivity index (χ0v) is 18.5. The molecular weight excluding hydrogens is 508 g/mol. The van der Waals surface area contributed by atoms with E-state index in [0.29, 0.717) is 4.90 Å². The van der Waals surface area contributed by atoms with Gasteiger partial charge in [0, 0.05) is 6.54 Å². The number of nitrogens with two attached hydrogens (primary N) is 1. The van der Waals surface area contributed by atoms with Crippen LogP contribution >= 0.6 is 11.6 Å². The number of ether oxygens (including phenoxy) is 1. The van der Waals surface area contributed by atoms with Crippen LogP contribution in [0.25, 0.3) is 0 Å². The predicted octanol–water partition coefficient (Wildman–Crippen LogP) is 4.20. The monoisotopic (exact) mass is 523 g/mol. The smallest absolute Gasteiger partial charge is 0.471 e. The summed E-state index contributed by atoms with van der Waals surface area (Å²) < 4.78 is 86.4. The summed E-state index contributed by atoms with van der Waals surface area (Å²) >= 11 is 6.02. The van der Waals surface area contributed by atoms with Gasteiger partial charge in [-0.25, -0.2) is 18.0 Å². The van der Waals surface area contributed by atoms with E-state index in [4.69, 9.17) is 22.1 Å². The van der Waals surface area contributed by atoms with Gasteiger partial charge in [-0.3, -0.25) is 9.69 Å². The molecule has 1 atom stereocenters. The number of hydrogen-bond acceptors (Lipinski definition) is 6. The van der Waals surface area contributed by atoms with Crippen molar-refractivity contribution in [3.8, 4) is 0 Å². The van der Waals surface area contributed by atoms with Crippen LogP contribution in [0.4, 0.5) is 32.0 Å². The van der Waals surface area contributed by atoms with Crippen molar-refractivity contribution >= 4 is 29.2 Å². The van der Waals surface area contributed by atoms with Crippen molar-refractivity contribution in [3.05, 3.63) is 75.9 Å². The van der Waals surface area contributed by atoms with Crippen LogP contribution in [0.1, 0.15) is 18.1 Å². The molecule has 2 N–H and O–H groups in total. The first-order valence-electron chi connectivity index (χ1n) is 9.72. The van der Waals surface area contributed by atoms with Crippen LogP contribution in [0.2, 0.25) is 0 Å². The maximum Gasteiger partial charge on any atom is 0.493 e. The Kier molecular flexibility index (Phi) is 7.50. The first-order valence-corrected chi connectivity index (χ1v) is 10.1.